The maximum Gasteiger partial charge on any atom is 0.263 e. The summed E-state index contributed by atoms with van der Waals surface area (Å²) in [7, 11) is 0. The Morgan fingerprint density at radius 2 is 2.32 bits per heavy atom. The molecule has 0 aromatic heterocycles. The van der Waals surface area contributed by atoms with Crippen LogP contribution >= 0.6 is 11.6 Å². The van der Waals surface area contributed by atoms with Crippen molar-refractivity contribution in [3.05, 3.63) is 29.0 Å². The Kier molecular flexibility index (Phi) is 4.30. The Morgan fingerprint density at radius 1 is 1.58 bits per heavy atom. The van der Waals surface area contributed by atoms with Gasteiger partial charge >= 0.3 is 0 Å². The molecule has 5 heteroatoms. The van der Waals surface area contributed by atoms with Crippen LogP contribution in [-0.2, 0) is 4.79 Å². The molecule has 0 bridgehead atoms. The monoisotopic (exact) mass is 285 g/mol. The molecule has 0 saturated carbocycles. The standard InChI is InChI=1S/C14H17ClFNO2/c1-9-5-6-17(8-9)14(18)10(2)19-13-4-3-11(16)7-12(13)15/h3-4,7,9-10H,5-6,8H2,1-2H3. The van der Waals surface area contributed by atoms with Crippen molar-refractivity contribution in [1.82, 2.24) is 4.90 Å². The summed E-state index contributed by atoms with van der Waals surface area (Å²) in [6.45, 7) is 5.34. The minimum atomic E-state index is -0.617. The molecular weight excluding hydrogens is 269 g/mol. The zero-order chi connectivity index (χ0) is 14.0. The van der Waals surface area contributed by atoms with Crippen molar-refractivity contribution in [1.29, 1.82) is 0 Å². The van der Waals surface area contributed by atoms with E-state index in [-0.39, 0.29) is 10.9 Å². The van der Waals surface area contributed by atoms with Gasteiger partial charge in [-0.1, -0.05) is 18.5 Å². The molecule has 1 aliphatic rings. The largest absolute Gasteiger partial charge is 0.479 e. The minimum absolute atomic E-state index is 0.0512. The Bertz CT molecular complexity index is 481. The van der Waals surface area contributed by atoms with Gasteiger partial charge in [-0.15, -0.1) is 0 Å². The maximum atomic E-state index is 12.9. The molecule has 104 valence electrons. The van der Waals surface area contributed by atoms with Crippen LogP contribution in [0, 0.1) is 11.7 Å². The van der Waals surface area contributed by atoms with Crippen molar-refractivity contribution in [3.63, 3.8) is 0 Å². The number of rotatable bonds is 3. The zero-order valence-corrected chi connectivity index (χ0v) is 11.8. The van der Waals surface area contributed by atoms with Crippen molar-refractivity contribution in [2.45, 2.75) is 26.4 Å². The SMILES string of the molecule is CC1CCN(C(=O)C(C)Oc2ccc(F)cc2Cl)C1. The van der Waals surface area contributed by atoms with Gasteiger partial charge in [0.25, 0.3) is 5.91 Å². The highest BCUT2D eigenvalue weighted by Gasteiger charge is 2.28. The highest BCUT2D eigenvalue weighted by atomic mass is 35.5. The predicted molar refractivity (Wildman–Crippen MR) is 71.9 cm³/mol. The minimum Gasteiger partial charge on any atom is -0.479 e. The van der Waals surface area contributed by atoms with Crippen LogP contribution in [0.3, 0.4) is 0 Å². The third kappa shape index (κ3) is 3.38. The van der Waals surface area contributed by atoms with E-state index in [0.29, 0.717) is 11.7 Å². The van der Waals surface area contributed by atoms with Gasteiger partial charge in [-0.05, 0) is 37.5 Å². The van der Waals surface area contributed by atoms with Crippen molar-refractivity contribution >= 4 is 17.5 Å². The molecule has 0 N–H and O–H groups in total. The molecule has 1 fully saturated rings. The Morgan fingerprint density at radius 3 is 2.89 bits per heavy atom. The number of hydrogen-bond acceptors (Lipinski definition) is 2. The fourth-order valence-corrected chi connectivity index (χ4v) is 2.42. The van der Waals surface area contributed by atoms with E-state index in [1.807, 2.05) is 0 Å². The van der Waals surface area contributed by atoms with Gasteiger partial charge in [0.05, 0.1) is 5.02 Å². The molecule has 1 heterocycles. The molecule has 19 heavy (non-hydrogen) atoms. The van der Waals surface area contributed by atoms with Crippen LogP contribution in [0.5, 0.6) is 5.75 Å². The van der Waals surface area contributed by atoms with E-state index in [1.54, 1.807) is 11.8 Å². The van der Waals surface area contributed by atoms with E-state index < -0.39 is 11.9 Å². The molecular formula is C14H17ClFNO2. The first-order valence-corrected chi connectivity index (χ1v) is 6.75. The molecule has 1 aromatic rings. The number of carbonyl (C=O) groups excluding carboxylic acids is 1. The summed E-state index contributed by atoms with van der Waals surface area (Å²) >= 11 is 5.87. The van der Waals surface area contributed by atoms with Crippen molar-refractivity contribution in [2.75, 3.05) is 13.1 Å². The number of nitrogens with zero attached hydrogens (tertiary/aromatic N) is 1. The molecule has 2 unspecified atom stereocenters. The normalized spacial score (nSPS) is 20.4. The number of amides is 1. The quantitative estimate of drug-likeness (QED) is 0.854. The summed E-state index contributed by atoms with van der Waals surface area (Å²) in [4.78, 5) is 14.0. The third-order valence-corrected chi connectivity index (χ3v) is 3.58. The fraction of sp³-hybridized carbons (Fsp3) is 0.500. The van der Waals surface area contributed by atoms with Crippen LogP contribution in [0.2, 0.25) is 5.02 Å². The summed E-state index contributed by atoms with van der Waals surface area (Å²) < 4.78 is 18.4. The first kappa shape index (κ1) is 14.1. The Balaban J connectivity index is 2.00. The van der Waals surface area contributed by atoms with Gasteiger partial charge in [0.1, 0.15) is 11.6 Å². The molecule has 1 saturated heterocycles. The second kappa shape index (κ2) is 5.78. The lowest BCUT2D eigenvalue weighted by atomic mass is 10.2. The second-order valence-electron chi connectivity index (χ2n) is 5.01. The lowest BCUT2D eigenvalue weighted by molar-refractivity contribution is -0.136. The van der Waals surface area contributed by atoms with Crippen LogP contribution in [0.15, 0.2) is 18.2 Å². The Labute approximate surface area is 117 Å². The number of ether oxygens (including phenoxy) is 1. The van der Waals surface area contributed by atoms with Gasteiger partial charge < -0.3 is 9.64 Å². The number of likely N-dealkylation sites (tertiary alicyclic amines) is 1. The molecule has 0 spiro atoms. The van der Waals surface area contributed by atoms with Gasteiger partial charge in [-0.25, -0.2) is 4.39 Å². The van der Waals surface area contributed by atoms with Gasteiger partial charge in [0.15, 0.2) is 6.10 Å². The molecule has 1 aromatic carbocycles. The zero-order valence-electron chi connectivity index (χ0n) is 11.0. The lowest BCUT2D eigenvalue weighted by Crippen LogP contribution is -2.39. The number of benzene rings is 1. The molecule has 1 amide bonds. The maximum absolute atomic E-state index is 12.9. The molecule has 3 nitrogen and oxygen atoms in total. The third-order valence-electron chi connectivity index (χ3n) is 3.28. The summed E-state index contributed by atoms with van der Waals surface area (Å²) in [5.74, 6) is 0.385. The van der Waals surface area contributed by atoms with Crippen LogP contribution < -0.4 is 4.74 Å². The van der Waals surface area contributed by atoms with E-state index >= 15 is 0 Å². The molecule has 0 radical (unpaired) electrons. The summed E-state index contributed by atoms with van der Waals surface area (Å²) in [6, 6.07) is 3.87. The molecule has 1 aliphatic heterocycles. The molecule has 2 atom stereocenters. The van der Waals surface area contributed by atoms with Crippen molar-refractivity contribution in [3.8, 4) is 5.75 Å². The van der Waals surface area contributed by atoms with Gasteiger partial charge in [0, 0.05) is 13.1 Å². The van der Waals surface area contributed by atoms with Crippen LogP contribution in [0.25, 0.3) is 0 Å². The highest BCUT2D eigenvalue weighted by Crippen LogP contribution is 2.26. The van der Waals surface area contributed by atoms with Gasteiger partial charge in [0.2, 0.25) is 0 Å². The predicted octanol–water partition coefficient (Wildman–Crippen LogP) is 3.11. The molecule has 2 rings (SSSR count). The first-order valence-electron chi connectivity index (χ1n) is 6.38. The van der Waals surface area contributed by atoms with Gasteiger partial charge in [-0.2, -0.15) is 0 Å². The smallest absolute Gasteiger partial charge is 0.263 e. The topological polar surface area (TPSA) is 29.5 Å². The van der Waals surface area contributed by atoms with Crippen LogP contribution in [-0.4, -0.2) is 30.0 Å². The summed E-state index contributed by atoms with van der Waals surface area (Å²) in [6.07, 6.45) is 0.406. The number of halogens is 2. The number of carbonyl (C=O) groups is 1. The first-order chi connectivity index (χ1) is 8.97. The number of hydrogen-bond donors (Lipinski definition) is 0. The summed E-state index contributed by atoms with van der Waals surface area (Å²) in [5, 5.41) is 0.175. The van der Waals surface area contributed by atoms with Gasteiger partial charge in [-0.3, -0.25) is 4.79 Å². The average molecular weight is 286 g/mol. The highest BCUT2D eigenvalue weighted by molar-refractivity contribution is 6.32. The van der Waals surface area contributed by atoms with E-state index in [1.165, 1.54) is 18.2 Å². The van der Waals surface area contributed by atoms with Crippen molar-refractivity contribution < 1.29 is 13.9 Å². The van der Waals surface area contributed by atoms with Crippen LogP contribution in [0.4, 0.5) is 4.39 Å². The van der Waals surface area contributed by atoms with E-state index in [4.69, 9.17) is 16.3 Å². The van der Waals surface area contributed by atoms with Crippen molar-refractivity contribution in [2.24, 2.45) is 5.92 Å². The van der Waals surface area contributed by atoms with E-state index in [9.17, 15) is 9.18 Å². The van der Waals surface area contributed by atoms with E-state index in [0.717, 1.165) is 19.5 Å². The Hall–Kier alpha value is -1.29. The van der Waals surface area contributed by atoms with E-state index in [2.05, 4.69) is 6.92 Å². The second-order valence-corrected chi connectivity index (χ2v) is 5.42. The molecule has 0 aliphatic carbocycles. The fourth-order valence-electron chi connectivity index (χ4n) is 2.20. The lowest BCUT2D eigenvalue weighted by Gasteiger charge is -2.22. The average Bonchev–Trinajstić information content (AvgIpc) is 2.78. The van der Waals surface area contributed by atoms with Crippen LogP contribution in [0.1, 0.15) is 20.3 Å². The summed E-state index contributed by atoms with van der Waals surface area (Å²) in [5.41, 5.74) is 0.